The molecule has 19 heavy (non-hydrogen) atoms. The lowest BCUT2D eigenvalue weighted by molar-refractivity contribution is 0.472. The van der Waals surface area contributed by atoms with Crippen molar-refractivity contribution in [2.75, 3.05) is 13.1 Å². The van der Waals surface area contributed by atoms with Crippen LogP contribution in [0.15, 0.2) is 34.3 Å². The van der Waals surface area contributed by atoms with Crippen molar-refractivity contribution < 1.29 is 8.42 Å². The third kappa shape index (κ3) is 2.69. The zero-order valence-corrected chi connectivity index (χ0v) is 10.8. The maximum atomic E-state index is 12.3. The van der Waals surface area contributed by atoms with Crippen molar-refractivity contribution in [1.29, 1.82) is 5.26 Å². The van der Waals surface area contributed by atoms with Gasteiger partial charge in [0.2, 0.25) is 10.0 Å². The maximum absolute atomic E-state index is 12.3. The van der Waals surface area contributed by atoms with Crippen LogP contribution in [0.25, 0.3) is 10.4 Å². The quantitative estimate of drug-likeness (QED) is 0.475. The van der Waals surface area contributed by atoms with Crippen LogP contribution in [-0.2, 0) is 10.0 Å². The predicted octanol–water partition coefficient (Wildman–Crippen LogP) is 1.63. The molecule has 7 nitrogen and oxygen atoms in total. The molecule has 1 atom stereocenters. The number of nitriles is 1. The van der Waals surface area contributed by atoms with Crippen molar-refractivity contribution in [3.63, 3.8) is 0 Å². The number of rotatable bonds is 3. The second-order valence-electron chi connectivity index (χ2n) is 4.15. The van der Waals surface area contributed by atoms with E-state index in [1.165, 1.54) is 28.6 Å². The lowest BCUT2D eigenvalue weighted by atomic mass is 10.2. The van der Waals surface area contributed by atoms with Gasteiger partial charge in [0.05, 0.1) is 22.6 Å². The molecule has 0 N–H and O–H groups in total. The second-order valence-corrected chi connectivity index (χ2v) is 6.08. The number of hydrogen-bond donors (Lipinski definition) is 0. The summed E-state index contributed by atoms with van der Waals surface area (Å²) in [4.78, 5) is 2.84. The summed E-state index contributed by atoms with van der Waals surface area (Å²) in [6.45, 7) is 0.540. The predicted molar refractivity (Wildman–Crippen MR) is 67.5 cm³/mol. The summed E-state index contributed by atoms with van der Waals surface area (Å²) in [5.74, 6) is 0. The molecule has 0 radical (unpaired) electrons. The van der Waals surface area contributed by atoms with E-state index < -0.39 is 10.0 Å². The van der Waals surface area contributed by atoms with Gasteiger partial charge in [-0.2, -0.15) is 9.57 Å². The van der Waals surface area contributed by atoms with Crippen LogP contribution >= 0.6 is 0 Å². The first-order valence-corrected chi connectivity index (χ1v) is 7.06. The maximum Gasteiger partial charge on any atom is 0.243 e. The van der Waals surface area contributed by atoms with Crippen molar-refractivity contribution in [2.24, 2.45) is 5.11 Å². The topological polar surface area (TPSA) is 110 Å². The zero-order valence-electron chi connectivity index (χ0n) is 9.97. The molecule has 98 valence electrons. The van der Waals surface area contributed by atoms with E-state index in [4.69, 9.17) is 10.8 Å². The third-order valence-corrected chi connectivity index (χ3v) is 4.84. The Morgan fingerprint density at radius 1 is 1.42 bits per heavy atom. The molecule has 1 aliphatic rings. The van der Waals surface area contributed by atoms with Crippen molar-refractivity contribution in [3.05, 3.63) is 40.3 Å². The minimum atomic E-state index is -3.57. The van der Waals surface area contributed by atoms with E-state index in [0.29, 0.717) is 18.5 Å². The van der Waals surface area contributed by atoms with Crippen LogP contribution in [-0.4, -0.2) is 31.9 Å². The highest BCUT2D eigenvalue weighted by Crippen LogP contribution is 2.22. The molecular weight excluding hydrogens is 266 g/mol. The van der Waals surface area contributed by atoms with Gasteiger partial charge >= 0.3 is 0 Å². The molecule has 0 amide bonds. The summed E-state index contributed by atoms with van der Waals surface area (Å²) < 4.78 is 25.9. The Hall–Kier alpha value is -2.07. The Morgan fingerprint density at radius 3 is 2.68 bits per heavy atom. The van der Waals surface area contributed by atoms with Gasteiger partial charge < -0.3 is 0 Å². The zero-order chi connectivity index (χ0) is 13.9. The molecule has 0 bridgehead atoms. The van der Waals surface area contributed by atoms with Crippen LogP contribution in [0.2, 0.25) is 0 Å². The fourth-order valence-corrected chi connectivity index (χ4v) is 3.44. The van der Waals surface area contributed by atoms with E-state index in [0.717, 1.165) is 0 Å². The van der Waals surface area contributed by atoms with Gasteiger partial charge in [0, 0.05) is 18.0 Å². The normalized spacial score (nSPS) is 19.6. The summed E-state index contributed by atoms with van der Waals surface area (Å²) in [7, 11) is -3.57. The van der Waals surface area contributed by atoms with E-state index in [9.17, 15) is 8.42 Å². The molecule has 1 fully saturated rings. The Balaban J connectivity index is 2.23. The lowest BCUT2D eigenvalue weighted by Gasteiger charge is -2.15. The lowest BCUT2D eigenvalue weighted by Crippen LogP contribution is -2.29. The first-order valence-electron chi connectivity index (χ1n) is 5.62. The standard InChI is InChI=1S/C11H11N5O2S/c12-7-9-1-3-11(4-2-9)19(17,18)16-6-5-10(8-16)14-15-13/h1-4,10H,5-6,8H2. The summed E-state index contributed by atoms with van der Waals surface area (Å²) in [5.41, 5.74) is 8.76. The number of hydrogen-bond acceptors (Lipinski definition) is 4. The van der Waals surface area contributed by atoms with Gasteiger partial charge in [0.1, 0.15) is 0 Å². The first-order chi connectivity index (χ1) is 9.07. The average Bonchev–Trinajstić information content (AvgIpc) is 2.89. The molecule has 1 aromatic carbocycles. The SMILES string of the molecule is N#Cc1ccc(S(=O)(=O)N2CCC(N=[N+]=[N-])C2)cc1. The highest BCUT2D eigenvalue weighted by Gasteiger charge is 2.31. The summed E-state index contributed by atoms with van der Waals surface area (Å²) in [5, 5.41) is 12.2. The molecule has 1 aliphatic heterocycles. The van der Waals surface area contributed by atoms with Gasteiger partial charge in [-0.25, -0.2) is 8.42 Å². The van der Waals surface area contributed by atoms with Gasteiger partial charge in [0.15, 0.2) is 0 Å². The average molecular weight is 277 g/mol. The molecule has 1 unspecified atom stereocenters. The van der Waals surface area contributed by atoms with Crippen molar-refractivity contribution in [2.45, 2.75) is 17.4 Å². The van der Waals surface area contributed by atoms with Crippen LogP contribution in [0, 0.1) is 11.3 Å². The Labute approximate surface area is 110 Å². The molecule has 2 rings (SSSR count). The van der Waals surface area contributed by atoms with Crippen molar-refractivity contribution in [1.82, 2.24) is 4.31 Å². The number of azide groups is 1. The minimum Gasteiger partial charge on any atom is -0.207 e. The second kappa shape index (κ2) is 5.28. The summed E-state index contributed by atoms with van der Waals surface area (Å²) in [6, 6.07) is 7.38. The molecule has 1 heterocycles. The molecule has 1 aromatic rings. The van der Waals surface area contributed by atoms with E-state index in [1.807, 2.05) is 6.07 Å². The Kier molecular flexibility index (Phi) is 3.71. The Morgan fingerprint density at radius 2 is 2.11 bits per heavy atom. The largest absolute Gasteiger partial charge is 0.243 e. The molecule has 0 spiro atoms. The highest BCUT2D eigenvalue weighted by atomic mass is 32.2. The van der Waals surface area contributed by atoms with Crippen LogP contribution < -0.4 is 0 Å². The Bertz CT molecular complexity index is 655. The fourth-order valence-electron chi connectivity index (χ4n) is 1.95. The summed E-state index contributed by atoms with van der Waals surface area (Å²) >= 11 is 0. The van der Waals surface area contributed by atoms with E-state index >= 15 is 0 Å². The van der Waals surface area contributed by atoms with Gasteiger partial charge in [-0.1, -0.05) is 5.11 Å². The van der Waals surface area contributed by atoms with E-state index in [2.05, 4.69) is 10.0 Å². The van der Waals surface area contributed by atoms with E-state index in [1.54, 1.807) is 0 Å². The van der Waals surface area contributed by atoms with Crippen LogP contribution in [0.5, 0.6) is 0 Å². The van der Waals surface area contributed by atoms with Crippen LogP contribution in [0.4, 0.5) is 0 Å². The molecule has 0 aliphatic carbocycles. The first kappa shape index (κ1) is 13.4. The van der Waals surface area contributed by atoms with Crippen molar-refractivity contribution in [3.8, 4) is 6.07 Å². The smallest absolute Gasteiger partial charge is 0.207 e. The van der Waals surface area contributed by atoms with Crippen LogP contribution in [0.3, 0.4) is 0 Å². The van der Waals surface area contributed by atoms with Gasteiger partial charge in [-0.15, -0.1) is 0 Å². The van der Waals surface area contributed by atoms with Gasteiger partial charge in [0.25, 0.3) is 0 Å². The van der Waals surface area contributed by atoms with Gasteiger partial charge in [-0.3, -0.25) is 0 Å². The molecule has 0 saturated carbocycles. The molecule has 1 saturated heterocycles. The number of nitrogens with zero attached hydrogens (tertiary/aromatic N) is 5. The highest BCUT2D eigenvalue weighted by molar-refractivity contribution is 7.89. The number of sulfonamides is 1. The minimum absolute atomic E-state index is 0.146. The molecule has 0 aromatic heterocycles. The molecular formula is C11H11N5O2S. The molecule has 8 heteroatoms. The van der Waals surface area contributed by atoms with Crippen LogP contribution in [0.1, 0.15) is 12.0 Å². The van der Waals surface area contributed by atoms with E-state index in [-0.39, 0.29) is 17.5 Å². The van der Waals surface area contributed by atoms with Gasteiger partial charge in [-0.05, 0) is 36.2 Å². The summed E-state index contributed by atoms with van der Waals surface area (Å²) in [6.07, 6.45) is 0.527. The fraction of sp³-hybridized carbons (Fsp3) is 0.364. The third-order valence-electron chi connectivity index (χ3n) is 2.96. The number of benzene rings is 1. The monoisotopic (exact) mass is 277 g/mol. The van der Waals surface area contributed by atoms with Crippen molar-refractivity contribution >= 4 is 10.0 Å².